The van der Waals surface area contributed by atoms with Gasteiger partial charge in [-0.05, 0) is 37.1 Å². The van der Waals surface area contributed by atoms with Gasteiger partial charge in [-0.15, -0.1) is 11.3 Å². The standard InChI is InChI=1S/C26H30F3N7O2S/c27-26(28,29)19(20-4-3-9-30-20)16-32-23(37)21-17-39-24(33-21)18-6-10-35(11-7-18)25(38)36-14-12-34(13-15-36)22-5-1-2-8-31-22/h1-5,8-9,17-19,30H,6-7,10-16H2,(H,32,37). The number of urea groups is 1. The average Bonchev–Trinajstić information content (AvgIpc) is 3.66. The largest absolute Gasteiger partial charge is 0.398 e. The molecule has 3 amide bonds. The van der Waals surface area contributed by atoms with Crippen molar-refractivity contribution in [3.05, 3.63) is 64.5 Å². The van der Waals surface area contributed by atoms with Gasteiger partial charge in [0.05, 0.1) is 5.01 Å². The van der Waals surface area contributed by atoms with Gasteiger partial charge in [-0.25, -0.2) is 14.8 Å². The molecule has 0 bridgehead atoms. The highest BCUT2D eigenvalue weighted by atomic mass is 32.1. The minimum Gasteiger partial charge on any atom is -0.364 e. The monoisotopic (exact) mass is 561 g/mol. The number of thiazole rings is 1. The van der Waals surface area contributed by atoms with Crippen LogP contribution in [0.15, 0.2) is 48.1 Å². The second-order valence-electron chi connectivity index (χ2n) is 9.71. The number of halogens is 3. The molecule has 3 aromatic rings. The molecule has 1 unspecified atom stereocenters. The number of likely N-dealkylation sites (tertiary alicyclic amines) is 1. The van der Waals surface area contributed by atoms with E-state index in [-0.39, 0.29) is 23.3 Å². The Kier molecular flexibility index (Phi) is 8.05. The van der Waals surface area contributed by atoms with Gasteiger partial charge in [-0.2, -0.15) is 13.2 Å². The quantitative estimate of drug-likeness (QED) is 0.473. The van der Waals surface area contributed by atoms with Crippen molar-refractivity contribution in [1.82, 2.24) is 30.1 Å². The Morgan fingerprint density at radius 3 is 2.44 bits per heavy atom. The first-order chi connectivity index (χ1) is 18.8. The van der Waals surface area contributed by atoms with Crippen LogP contribution in [0.5, 0.6) is 0 Å². The Labute approximate surface area is 228 Å². The van der Waals surface area contributed by atoms with Crippen molar-refractivity contribution in [2.75, 3.05) is 50.7 Å². The zero-order chi connectivity index (χ0) is 27.4. The van der Waals surface area contributed by atoms with Crippen molar-refractivity contribution in [1.29, 1.82) is 0 Å². The number of aromatic amines is 1. The molecule has 3 aromatic heterocycles. The number of hydrogen-bond acceptors (Lipinski definition) is 6. The molecular formula is C26H30F3N7O2S. The summed E-state index contributed by atoms with van der Waals surface area (Å²) in [7, 11) is 0. The van der Waals surface area contributed by atoms with E-state index in [1.165, 1.54) is 29.7 Å². The highest BCUT2D eigenvalue weighted by Crippen LogP contribution is 2.34. The first kappa shape index (κ1) is 27.0. The molecule has 39 heavy (non-hydrogen) atoms. The number of nitrogens with zero attached hydrogens (tertiary/aromatic N) is 5. The van der Waals surface area contributed by atoms with Gasteiger partial charge in [0.1, 0.15) is 17.4 Å². The number of pyridine rings is 1. The van der Waals surface area contributed by atoms with Crippen LogP contribution in [0.4, 0.5) is 23.8 Å². The maximum atomic E-state index is 13.5. The Hall–Kier alpha value is -3.61. The van der Waals surface area contributed by atoms with Crippen LogP contribution in [0.1, 0.15) is 45.9 Å². The normalized spacial score (nSPS) is 17.8. The maximum Gasteiger partial charge on any atom is 0.398 e. The molecule has 2 fully saturated rings. The van der Waals surface area contributed by atoms with E-state index in [2.05, 4.69) is 25.2 Å². The Morgan fingerprint density at radius 2 is 1.79 bits per heavy atom. The smallest absolute Gasteiger partial charge is 0.364 e. The summed E-state index contributed by atoms with van der Waals surface area (Å²) in [5.74, 6) is -1.43. The highest BCUT2D eigenvalue weighted by Gasteiger charge is 2.41. The fourth-order valence-electron chi connectivity index (χ4n) is 5.01. The highest BCUT2D eigenvalue weighted by molar-refractivity contribution is 7.09. The number of nitrogens with one attached hydrogen (secondary N) is 2. The van der Waals surface area contributed by atoms with Crippen LogP contribution in [-0.4, -0.2) is 88.7 Å². The number of carbonyl (C=O) groups is 2. The van der Waals surface area contributed by atoms with Crippen LogP contribution in [-0.2, 0) is 0 Å². The summed E-state index contributed by atoms with van der Waals surface area (Å²) in [6.45, 7) is 3.35. The summed E-state index contributed by atoms with van der Waals surface area (Å²) in [5.41, 5.74) is 0.116. The lowest BCUT2D eigenvalue weighted by molar-refractivity contribution is -0.149. The second kappa shape index (κ2) is 11.6. The zero-order valence-electron chi connectivity index (χ0n) is 21.2. The third-order valence-corrected chi connectivity index (χ3v) is 8.26. The minimum atomic E-state index is -4.50. The Morgan fingerprint density at radius 1 is 1.05 bits per heavy atom. The van der Waals surface area contributed by atoms with E-state index in [0.29, 0.717) is 26.2 Å². The van der Waals surface area contributed by atoms with Gasteiger partial charge in [0.15, 0.2) is 0 Å². The van der Waals surface area contributed by atoms with E-state index in [0.717, 1.165) is 36.8 Å². The number of H-pyrrole nitrogens is 1. The van der Waals surface area contributed by atoms with E-state index >= 15 is 0 Å². The predicted octanol–water partition coefficient (Wildman–Crippen LogP) is 4.06. The summed E-state index contributed by atoms with van der Waals surface area (Å²) >= 11 is 1.33. The molecule has 0 aromatic carbocycles. The summed E-state index contributed by atoms with van der Waals surface area (Å²) < 4.78 is 40.4. The van der Waals surface area contributed by atoms with Gasteiger partial charge in [0, 0.05) is 75.2 Å². The van der Waals surface area contributed by atoms with Crippen molar-refractivity contribution in [3.8, 4) is 0 Å². The first-order valence-electron chi connectivity index (χ1n) is 12.9. The van der Waals surface area contributed by atoms with Crippen LogP contribution in [0.3, 0.4) is 0 Å². The molecule has 2 N–H and O–H groups in total. The van der Waals surface area contributed by atoms with E-state index in [1.54, 1.807) is 11.6 Å². The number of carbonyl (C=O) groups excluding carboxylic acids is 2. The molecule has 208 valence electrons. The summed E-state index contributed by atoms with van der Waals surface area (Å²) in [6.07, 6.45) is 0.131. The molecule has 13 heteroatoms. The van der Waals surface area contributed by atoms with Crippen LogP contribution in [0.25, 0.3) is 0 Å². The van der Waals surface area contributed by atoms with Crippen molar-refractivity contribution in [2.24, 2.45) is 0 Å². The van der Waals surface area contributed by atoms with Gasteiger partial charge in [0.25, 0.3) is 5.91 Å². The number of piperidine rings is 1. The Bertz CT molecular complexity index is 1240. The lowest BCUT2D eigenvalue weighted by atomic mass is 9.98. The van der Waals surface area contributed by atoms with E-state index < -0.39 is 24.5 Å². The summed E-state index contributed by atoms with van der Waals surface area (Å²) in [5, 5.41) is 4.74. The second-order valence-corrected chi connectivity index (χ2v) is 10.6. The molecule has 0 radical (unpaired) electrons. The third-order valence-electron chi connectivity index (χ3n) is 7.25. The number of amides is 3. The van der Waals surface area contributed by atoms with Gasteiger partial charge < -0.3 is 25.0 Å². The lowest BCUT2D eigenvalue weighted by Gasteiger charge is -2.39. The molecule has 0 saturated carbocycles. The number of hydrogen-bond donors (Lipinski definition) is 2. The van der Waals surface area contributed by atoms with Crippen LogP contribution in [0.2, 0.25) is 0 Å². The molecule has 0 spiro atoms. The van der Waals surface area contributed by atoms with Crippen LogP contribution < -0.4 is 10.2 Å². The molecule has 0 aliphatic carbocycles. The fourth-order valence-corrected chi connectivity index (χ4v) is 5.98. The molecule has 2 saturated heterocycles. The molecular weight excluding hydrogens is 531 g/mol. The predicted molar refractivity (Wildman–Crippen MR) is 141 cm³/mol. The van der Waals surface area contributed by atoms with Crippen molar-refractivity contribution in [3.63, 3.8) is 0 Å². The topological polar surface area (TPSA) is 97.5 Å². The van der Waals surface area contributed by atoms with Gasteiger partial charge in [-0.3, -0.25) is 4.79 Å². The van der Waals surface area contributed by atoms with Crippen molar-refractivity contribution in [2.45, 2.75) is 30.9 Å². The van der Waals surface area contributed by atoms with Crippen LogP contribution >= 0.6 is 11.3 Å². The molecule has 2 aliphatic rings. The maximum absolute atomic E-state index is 13.5. The number of aromatic nitrogens is 3. The number of anilines is 1. The third kappa shape index (κ3) is 6.35. The number of rotatable bonds is 6. The molecule has 1 atom stereocenters. The van der Waals surface area contributed by atoms with Gasteiger partial charge in [-0.1, -0.05) is 6.07 Å². The minimum absolute atomic E-state index is 0.00171. The summed E-state index contributed by atoms with van der Waals surface area (Å²) in [4.78, 5) is 43.0. The SMILES string of the molecule is O=C(NCC(c1ccc[nH]1)C(F)(F)F)c1csc(C2CCN(C(=O)N3CCN(c4ccccn4)CC3)CC2)n1. The molecule has 5 rings (SSSR count). The van der Waals surface area contributed by atoms with Gasteiger partial charge in [0.2, 0.25) is 0 Å². The fraction of sp³-hybridized carbons (Fsp3) is 0.462. The van der Waals surface area contributed by atoms with E-state index in [9.17, 15) is 22.8 Å². The Balaban J connectivity index is 1.09. The number of alkyl halides is 3. The van der Waals surface area contributed by atoms with Crippen molar-refractivity contribution < 1.29 is 22.8 Å². The first-order valence-corrected chi connectivity index (χ1v) is 13.8. The van der Waals surface area contributed by atoms with Crippen molar-refractivity contribution >= 4 is 29.1 Å². The molecule has 9 nitrogen and oxygen atoms in total. The van der Waals surface area contributed by atoms with Crippen LogP contribution in [0, 0.1) is 0 Å². The average molecular weight is 562 g/mol. The zero-order valence-corrected chi connectivity index (χ0v) is 22.0. The lowest BCUT2D eigenvalue weighted by Crippen LogP contribution is -2.54. The molecule has 2 aliphatic heterocycles. The van der Waals surface area contributed by atoms with Gasteiger partial charge >= 0.3 is 12.2 Å². The summed E-state index contributed by atoms with van der Waals surface area (Å²) in [6, 6.07) is 8.69. The molecule has 5 heterocycles. The number of piperazine rings is 1. The van der Waals surface area contributed by atoms with E-state index in [4.69, 9.17) is 0 Å². The van der Waals surface area contributed by atoms with E-state index in [1.807, 2.05) is 28.0 Å².